The zero-order valence-corrected chi connectivity index (χ0v) is 23.2. The Bertz CT molecular complexity index is 867. The number of amides is 2. The van der Waals surface area contributed by atoms with E-state index in [9.17, 15) is 19.5 Å². The molecular formula is C27H43N3O6S. The summed E-state index contributed by atoms with van der Waals surface area (Å²) >= 11 is 1.68. The van der Waals surface area contributed by atoms with Crippen LogP contribution in [0, 0.1) is 11.8 Å². The van der Waals surface area contributed by atoms with Crippen LogP contribution in [0.1, 0.15) is 46.0 Å². The van der Waals surface area contributed by atoms with Gasteiger partial charge in [-0.2, -0.15) is 0 Å². The summed E-state index contributed by atoms with van der Waals surface area (Å²) in [5.74, 6) is -1.55. The molecule has 37 heavy (non-hydrogen) atoms. The lowest BCUT2D eigenvalue weighted by Gasteiger charge is -2.38. The topological polar surface area (TPSA) is 99.6 Å². The van der Waals surface area contributed by atoms with Gasteiger partial charge in [0.25, 0.3) is 0 Å². The number of hydrogen-bond acceptors (Lipinski definition) is 8. The van der Waals surface area contributed by atoms with Crippen LogP contribution in [-0.4, -0.2) is 119 Å². The number of likely N-dealkylation sites (tertiary alicyclic amines) is 1. The van der Waals surface area contributed by atoms with Crippen molar-refractivity contribution in [3.05, 3.63) is 12.7 Å². The van der Waals surface area contributed by atoms with E-state index >= 15 is 0 Å². The molecule has 4 aliphatic rings. The van der Waals surface area contributed by atoms with Crippen LogP contribution in [0.15, 0.2) is 12.7 Å². The average Bonchev–Trinajstić information content (AvgIpc) is 3.45. The number of ether oxygens (including phenoxy) is 2. The first kappa shape index (κ1) is 28.4. The van der Waals surface area contributed by atoms with E-state index in [1.807, 2.05) is 4.90 Å². The molecule has 4 fully saturated rings. The highest BCUT2D eigenvalue weighted by Crippen LogP contribution is 2.71. The van der Waals surface area contributed by atoms with Gasteiger partial charge in [0.1, 0.15) is 6.04 Å². The van der Waals surface area contributed by atoms with Crippen LogP contribution in [-0.2, 0) is 23.9 Å². The predicted octanol–water partition coefficient (Wildman–Crippen LogP) is 1.54. The van der Waals surface area contributed by atoms with Crippen molar-refractivity contribution >= 4 is 29.5 Å². The van der Waals surface area contributed by atoms with Gasteiger partial charge in [0.2, 0.25) is 11.8 Å². The lowest BCUT2D eigenvalue weighted by Crippen LogP contribution is -2.56. The van der Waals surface area contributed by atoms with Crippen LogP contribution in [0.25, 0.3) is 0 Å². The first-order valence-electron chi connectivity index (χ1n) is 13.8. The third-order valence-electron chi connectivity index (χ3n) is 8.56. The lowest BCUT2D eigenvalue weighted by molar-refractivity contribution is -0.155. The lowest BCUT2D eigenvalue weighted by atomic mass is 9.66. The van der Waals surface area contributed by atoms with Crippen LogP contribution in [0.4, 0.5) is 0 Å². The minimum absolute atomic E-state index is 0.0487. The SMILES string of the molecule is C=CCN(CCN1CCOCC1)C(=O)C1N(CCCCCO)C(=O)[C@@H]2[C@H](C(=O)OCC)[C@]3(C)CCC12S3. The van der Waals surface area contributed by atoms with E-state index in [2.05, 4.69) is 18.4 Å². The number of esters is 1. The largest absolute Gasteiger partial charge is 0.466 e. The maximum Gasteiger partial charge on any atom is 0.311 e. The molecule has 1 spiro atoms. The number of aliphatic hydroxyl groups excluding tert-OH is 1. The van der Waals surface area contributed by atoms with Gasteiger partial charge in [-0.15, -0.1) is 18.3 Å². The minimum atomic E-state index is -0.629. The molecule has 0 saturated carbocycles. The van der Waals surface area contributed by atoms with Gasteiger partial charge in [0.05, 0.1) is 36.4 Å². The maximum absolute atomic E-state index is 14.4. The Hall–Kier alpha value is -1.62. The molecule has 9 nitrogen and oxygen atoms in total. The van der Waals surface area contributed by atoms with E-state index in [-0.39, 0.29) is 31.0 Å². The number of carbonyl (C=O) groups excluding carboxylic acids is 3. The van der Waals surface area contributed by atoms with Crippen molar-refractivity contribution in [3.63, 3.8) is 0 Å². The van der Waals surface area contributed by atoms with Crippen LogP contribution in [0.3, 0.4) is 0 Å². The van der Waals surface area contributed by atoms with Crippen LogP contribution in [0.2, 0.25) is 0 Å². The molecular weight excluding hydrogens is 494 g/mol. The number of rotatable bonds is 13. The number of unbranched alkanes of at least 4 members (excludes halogenated alkanes) is 2. The van der Waals surface area contributed by atoms with Gasteiger partial charge >= 0.3 is 5.97 Å². The fourth-order valence-electron chi connectivity index (χ4n) is 6.81. The first-order chi connectivity index (χ1) is 17.8. The van der Waals surface area contributed by atoms with Gasteiger partial charge < -0.3 is 24.4 Å². The Morgan fingerprint density at radius 3 is 2.68 bits per heavy atom. The van der Waals surface area contributed by atoms with Gasteiger partial charge in [-0.1, -0.05) is 6.08 Å². The number of fused-ring (bicyclic) bond motifs is 1. The number of nitrogens with zero attached hydrogens (tertiary/aromatic N) is 3. The van der Waals surface area contributed by atoms with Gasteiger partial charge in [-0.3, -0.25) is 19.3 Å². The Morgan fingerprint density at radius 1 is 1.24 bits per heavy atom. The summed E-state index contributed by atoms with van der Waals surface area (Å²) in [6, 6.07) is -0.616. The first-order valence-corrected chi connectivity index (χ1v) is 14.6. The third-order valence-corrected chi connectivity index (χ3v) is 10.5. The van der Waals surface area contributed by atoms with E-state index in [4.69, 9.17) is 9.47 Å². The Labute approximate surface area is 224 Å². The quantitative estimate of drug-likeness (QED) is 0.215. The van der Waals surface area contributed by atoms with Crippen LogP contribution >= 0.6 is 11.8 Å². The summed E-state index contributed by atoms with van der Waals surface area (Å²) in [5.41, 5.74) is 0. The van der Waals surface area contributed by atoms with Crippen molar-refractivity contribution in [1.82, 2.24) is 14.7 Å². The summed E-state index contributed by atoms with van der Waals surface area (Å²) in [6.07, 6.45) is 5.41. The fraction of sp³-hybridized carbons (Fsp3) is 0.815. The monoisotopic (exact) mass is 537 g/mol. The van der Waals surface area contributed by atoms with E-state index in [0.717, 1.165) is 38.9 Å². The average molecular weight is 538 g/mol. The molecule has 0 aromatic rings. The number of hydrogen-bond donors (Lipinski definition) is 1. The molecule has 2 amide bonds. The smallest absolute Gasteiger partial charge is 0.311 e. The molecule has 4 aliphatic heterocycles. The molecule has 5 atom stereocenters. The molecule has 2 unspecified atom stereocenters. The highest BCUT2D eigenvalue weighted by atomic mass is 32.2. The molecule has 208 valence electrons. The summed E-state index contributed by atoms with van der Waals surface area (Å²) in [7, 11) is 0. The highest BCUT2D eigenvalue weighted by molar-refractivity contribution is 8.02. The van der Waals surface area contributed by atoms with Crippen molar-refractivity contribution in [2.75, 3.05) is 65.7 Å². The second-order valence-electron chi connectivity index (χ2n) is 10.8. The fourth-order valence-corrected chi connectivity index (χ4v) is 9.15. The number of thioether (sulfide) groups is 1. The van der Waals surface area contributed by atoms with Crippen LogP contribution in [0.5, 0.6) is 0 Å². The van der Waals surface area contributed by atoms with Gasteiger partial charge in [0, 0.05) is 50.6 Å². The zero-order chi connectivity index (χ0) is 26.6. The van der Waals surface area contributed by atoms with Crippen molar-refractivity contribution in [1.29, 1.82) is 0 Å². The summed E-state index contributed by atoms with van der Waals surface area (Å²) < 4.78 is 9.88. The van der Waals surface area contributed by atoms with Crippen molar-refractivity contribution in [2.45, 2.75) is 61.5 Å². The summed E-state index contributed by atoms with van der Waals surface area (Å²) in [4.78, 5) is 47.5. The van der Waals surface area contributed by atoms with Gasteiger partial charge in [-0.25, -0.2) is 0 Å². The highest BCUT2D eigenvalue weighted by Gasteiger charge is 2.77. The molecule has 0 aromatic carbocycles. The zero-order valence-electron chi connectivity index (χ0n) is 22.4. The second-order valence-corrected chi connectivity index (χ2v) is 12.7. The third kappa shape index (κ3) is 5.31. The Balaban J connectivity index is 1.62. The van der Waals surface area contributed by atoms with E-state index < -0.39 is 27.4 Å². The second kappa shape index (κ2) is 12.1. The predicted molar refractivity (Wildman–Crippen MR) is 142 cm³/mol. The minimum Gasteiger partial charge on any atom is -0.466 e. The Morgan fingerprint density at radius 2 is 2.00 bits per heavy atom. The summed E-state index contributed by atoms with van der Waals surface area (Å²) in [5, 5.41) is 9.22. The molecule has 0 aliphatic carbocycles. The molecule has 0 radical (unpaired) electrons. The normalized spacial score (nSPS) is 33.0. The van der Waals surface area contributed by atoms with Crippen molar-refractivity contribution in [2.24, 2.45) is 11.8 Å². The molecule has 1 N–H and O–H groups in total. The molecule has 4 heterocycles. The molecule has 2 bridgehead atoms. The maximum atomic E-state index is 14.4. The van der Waals surface area contributed by atoms with Crippen LogP contribution < -0.4 is 0 Å². The van der Waals surface area contributed by atoms with Crippen molar-refractivity contribution < 1.29 is 29.0 Å². The molecule has 10 heteroatoms. The standard InChI is InChI=1S/C27H43N3O6S/c1-4-11-29(14-13-28-15-18-35-19-16-28)24(33)22-27-10-9-26(3,37-27)21(25(34)36-5-2)20(27)23(32)30(22)12-7-6-8-17-31/h4,20-22,31H,1,5-19H2,2-3H3/t20-,21+,22?,26-,27?/m0/s1. The number of carbonyl (C=O) groups is 3. The molecule has 4 saturated heterocycles. The number of morpholine rings is 1. The van der Waals surface area contributed by atoms with E-state index in [1.165, 1.54) is 0 Å². The molecule has 4 rings (SSSR count). The molecule has 0 aromatic heterocycles. The van der Waals surface area contributed by atoms with E-state index in [0.29, 0.717) is 45.7 Å². The van der Waals surface area contributed by atoms with Crippen molar-refractivity contribution in [3.8, 4) is 0 Å². The van der Waals surface area contributed by atoms with Gasteiger partial charge in [0.15, 0.2) is 0 Å². The van der Waals surface area contributed by atoms with Gasteiger partial charge in [-0.05, 0) is 46.0 Å². The summed E-state index contributed by atoms with van der Waals surface area (Å²) in [6.45, 7) is 13.4. The Kier molecular flexibility index (Phi) is 9.25. The number of aliphatic hydroxyl groups is 1. The van der Waals surface area contributed by atoms with E-state index in [1.54, 1.807) is 29.7 Å².